The summed E-state index contributed by atoms with van der Waals surface area (Å²) in [5.41, 5.74) is 6.55. The summed E-state index contributed by atoms with van der Waals surface area (Å²) in [5, 5.41) is 8.95. The van der Waals surface area contributed by atoms with Crippen molar-refractivity contribution in [2.24, 2.45) is 5.10 Å². The molecule has 144 valence electrons. The minimum absolute atomic E-state index is 0.0420. The number of hydrogen-bond donors (Lipinski definition) is 1. The zero-order valence-corrected chi connectivity index (χ0v) is 17.2. The normalized spacial score (nSPS) is 11.8. The lowest BCUT2D eigenvalue weighted by Gasteiger charge is -2.18. The first-order valence-corrected chi connectivity index (χ1v) is 9.39. The van der Waals surface area contributed by atoms with E-state index in [2.05, 4.69) is 36.4 Å². The first-order chi connectivity index (χ1) is 13.3. The number of benzene rings is 2. The molecule has 0 saturated heterocycles. The number of hydrazone groups is 1. The molecule has 0 aliphatic carbocycles. The van der Waals surface area contributed by atoms with Crippen LogP contribution in [0.1, 0.15) is 48.0 Å². The highest BCUT2D eigenvalue weighted by molar-refractivity contribution is 6.32. The van der Waals surface area contributed by atoms with Crippen LogP contribution in [0, 0.1) is 6.92 Å². The van der Waals surface area contributed by atoms with Gasteiger partial charge in [-0.2, -0.15) is 10.2 Å². The SMILES string of the molecule is Cc1nn(-c2ccccc2)c(Cl)c1C=NNC(=O)c1ccc(C(C)(C)C)cc1. The maximum atomic E-state index is 12.3. The Kier molecular flexibility index (Phi) is 5.66. The third-order valence-electron chi connectivity index (χ3n) is 4.42. The number of carbonyl (C=O) groups is 1. The van der Waals surface area contributed by atoms with Crippen molar-refractivity contribution in [1.29, 1.82) is 0 Å². The minimum Gasteiger partial charge on any atom is -0.267 e. The van der Waals surface area contributed by atoms with Gasteiger partial charge < -0.3 is 0 Å². The van der Waals surface area contributed by atoms with Crippen LogP contribution in [0.15, 0.2) is 59.7 Å². The van der Waals surface area contributed by atoms with Gasteiger partial charge in [-0.1, -0.05) is 62.7 Å². The average Bonchev–Trinajstić information content (AvgIpc) is 2.96. The largest absolute Gasteiger partial charge is 0.271 e. The van der Waals surface area contributed by atoms with Crippen LogP contribution in [0.3, 0.4) is 0 Å². The summed E-state index contributed by atoms with van der Waals surface area (Å²) in [6, 6.07) is 17.1. The molecule has 0 spiro atoms. The summed E-state index contributed by atoms with van der Waals surface area (Å²) >= 11 is 6.45. The molecule has 2 aromatic carbocycles. The van der Waals surface area contributed by atoms with Crippen molar-refractivity contribution in [3.05, 3.63) is 82.1 Å². The Labute approximate surface area is 170 Å². The number of carbonyl (C=O) groups excluding carboxylic acids is 1. The lowest BCUT2D eigenvalue weighted by Crippen LogP contribution is -2.18. The fraction of sp³-hybridized carbons (Fsp3) is 0.227. The third kappa shape index (κ3) is 4.31. The molecule has 0 saturated carbocycles. The molecule has 0 aliphatic rings. The first kappa shape index (κ1) is 19.8. The van der Waals surface area contributed by atoms with Gasteiger partial charge in [0.05, 0.1) is 23.2 Å². The predicted octanol–water partition coefficient (Wildman–Crippen LogP) is 4.90. The summed E-state index contributed by atoms with van der Waals surface area (Å²) in [6.45, 7) is 8.25. The Balaban J connectivity index is 1.73. The lowest BCUT2D eigenvalue weighted by atomic mass is 9.87. The van der Waals surface area contributed by atoms with Crippen molar-refractivity contribution in [1.82, 2.24) is 15.2 Å². The zero-order valence-electron chi connectivity index (χ0n) is 16.4. The predicted molar refractivity (Wildman–Crippen MR) is 114 cm³/mol. The molecule has 0 atom stereocenters. The fourth-order valence-electron chi connectivity index (χ4n) is 2.74. The molecule has 5 nitrogen and oxygen atoms in total. The van der Waals surface area contributed by atoms with E-state index >= 15 is 0 Å². The summed E-state index contributed by atoms with van der Waals surface area (Å²) in [6.07, 6.45) is 1.52. The van der Waals surface area contributed by atoms with Gasteiger partial charge in [-0.15, -0.1) is 0 Å². The molecular weight excluding hydrogens is 372 g/mol. The molecule has 0 bridgehead atoms. The molecule has 3 rings (SSSR count). The number of amides is 1. The van der Waals surface area contributed by atoms with Gasteiger partial charge in [0.1, 0.15) is 5.15 Å². The monoisotopic (exact) mass is 394 g/mol. The van der Waals surface area contributed by atoms with Gasteiger partial charge in [-0.25, -0.2) is 10.1 Å². The van der Waals surface area contributed by atoms with Crippen molar-refractivity contribution >= 4 is 23.7 Å². The van der Waals surface area contributed by atoms with E-state index < -0.39 is 0 Å². The van der Waals surface area contributed by atoms with Crippen molar-refractivity contribution in [3.8, 4) is 5.69 Å². The minimum atomic E-state index is -0.277. The number of aromatic nitrogens is 2. The highest BCUT2D eigenvalue weighted by atomic mass is 35.5. The van der Waals surface area contributed by atoms with Crippen LogP contribution >= 0.6 is 11.6 Å². The quantitative estimate of drug-likeness (QED) is 0.505. The molecular formula is C22H23ClN4O. The van der Waals surface area contributed by atoms with Crippen molar-refractivity contribution < 1.29 is 4.79 Å². The van der Waals surface area contributed by atoms with E-state index in [1.54, 1.807) is 16.8 Å². The highest BCUT2D eigenvalue weighted by Crippen LogP contribution is 2.23. The van der Waals surface area contributed by atoms with E-state index in [9.17, 15) is 4.79 Å². The molecule has 0 fully saturated rings. The van der Waals surface area contributed by atoms with E-state index in [4.69, 9.17) is 11.6 Å². The number of aryl methyl sites for hydroxylation is 1. The van der Waals surface area contributed by atoms with E-state index in [1.807, 2.05) is 49.4 Å². The van der Waals surface area contributed by atoms with Crippen LogP contribution in [0.4, 0.5) is 0 Å². The standard InChI is InChI=1S/C22H23ClN4O/c1-15-19(20(23)27(26-15)18-8-6-5-7-9-18)14-24-25-21(28)16-10-12-17(13-11-16)22(2,3)4/h5-14H,1-4H3,(H,25,28). The number of halogens is 1. The van der Waals surface area contributed by atoms with E-state index in [-0.39, 0.29) is 11.3 Å². The number of nitrogens with one attached hydrogen (secondary N) is 1. The van der Waals surface area contributed by atoms with Crippen molar-refractivity contribution in [3.63, 3.8) is 0 Å². The summed E-state index contributed by atoms with van der Waals surface area (Å²) < 4.78 is 1.64. The highest BCUT2D eigenvalue weighted by Gasteiger charge is 2.15. The Bertz CT molecular complexity index is 1000. The Hall–Kier alpha value is -2.92. The van der Waals surface area contributed by atoms with Crippen LogP contribution in [0.25, 0.3) is 5.69 Å². The number of nitrogens with zero attached hydrogens (tertiary/aromatic N) is 3. The summed E-state index contributed by atoms with van der Waals surface area (Å²) in [5.74, 6) is -0.277. The van der Waals surface area contributed by atoms with Crippen LogP contribution in [0.5, 0.6) is 0 Å². The van der Waals surface area contributed by atoms with Gasteiger partial charge in [-0.3, -0.25) is 4.79 Å². The third-order valence-corrected chi connectivity index (χ3v) is 4.79. The molecule has 0 radical (unpaired) electrons. The number of rotatable bonds is 4. The maximum absolute atomic E-state index is 12.3. The second kappa shape index (κ2) is 7.98. The molecule has 1 N–H and O–H groups in total. The molecule has 3 aromatic rings. The fourth-order valence-corrected chi connectivity index (χ4v) is 3.06. The second-order valence-electron chi connectivity index (χ2n) is 7.56. The summed E-state index contributed by atoms with van der Waals surface area (Å²) in [4.78, 5) is 12.3. The first-order valence-electron chi connectivity index (χ1n) is 9.02. The molecule has 1 heterocycles. The number of para-hydroxylation sites is 1. The number of hydrogen-bond acceptors (Lipinski definition) is 3. The molecule has 1 aromatic heterocycles. The molecule has 28 heavy (non-hydrogen) atoms. The summed E-state index contributed by atoms with van der Waals surface area (Å²) in [7, 11) is 0. The maximum Gasteiger partial charge on any atom is 0.271 e. The molecule has 1 amide bonds. The molecule has 6 heteroatoms. The van der Waals surface area contributed by atoms with Crippen LogP contribution in [-0.4, -0.2) is 21.9 Å². The average molecular weight is 395 g/mol. The smallest absolute Gasteiger partial charge is 0.267 e. The van der Waals surface area contributed by atoms with Crippen LogP contribution in [-0.2, 0) is 5.41 Å². The van der Waals surface area contributed by atoms with E-state index in [0.717, 1.165) is 11.4 Å². The van der Waals surface area contributed by atoms with Gasteiger partial charge >= 0.3 is 0 Å². The van der Waals surface area contributed by atoms with Crippen LogP contribution in [0.2, 0.25) is 5.15 Å². The van der Waals surface area contributed by atoms with Crippen LogP contribution < -0.4 is 5.43 Å². The molecule has 0 unspecified atom stereocenters. The Morgan fingerprint density at radius 2 is 1.75 bits per heavy atom. The van der Waals surface area contributed by atoms with Gasteiger partial charge in [0.15, 0.2) is 0 Å². The van der Waals surface area contributed by atoms with E-state index in [0.29, 0.717) is 16.3 Å². The zero-order chi connectivity index (χ0) is 20.3. The lowest BCUT2D eigenvalue weighted by molar-refractivity contribution is 0.0955. The van der Waals surface area contributed by atoms with Gasteiger partial charge in [0.2, 0.25) is 0 Å². The Morgan fingerprint density at radius 1 is 1.11 bits per heavy atom. The van der Waals surface area contributed by atoms with Gasteiger partial charge in [0.25, 0.3) is 5.91 Å². The van der Waals surface area contributed by atoms with Crippen molar-refractivity contribution in [2.45, 2.75) is 33.1 Å². The van der Waals surface area contributed by atoms with Gasteiger partial charge in [0, 0.05) is 5.56 Å². The topological polar surface area (TPSA) is 59.3 Å². The second-order valence-corrected chi connectivity index (χ2v) is 7.92. The van der Waals surface area contributed by atoms with E-state index in [1.165, 1.54) is 11.8 Å². The molecule has 0 aliphatic heterocycles. The Morgan fingerprint density at radius 3 is 2.36 bits per heavy atom. The van der Waals surface area contributed by atoms with Gasteiger partial charge in [-0.05, 0) is 42.2 Å². The van der Waals surface area contributed by atoms with Crippen molar-refractivity contribution in [2.75, 3.05) is 0 Å².